The maximum Gasteiger partial charge on any atom is 0.170 e. The number of nitrogens with zero attached hydrogens (tertiary/aromatic N) is 1. The van der Waals surface area contributed by atoms with Crippen molar-refractivity contribution in [2.24, 2.45) is 11.0 Å². The van der Waals surface area contributed by atoms with Crippen LogP contribution in [0.4, 0.5) is 0 Å². The zero-order valence-electron chi connectivity index (χ0n) is 20.6. The fourth-order valence-electron chi connectivity index (χ4n) is 3.58. The summed E-state index contributed by atoms with van der Waals surface area (Å²) in [7, 11) is 0. The highest BCUT2D eigenvalue weighted by molar-refractivity contribution is 6.31. The fourth-order valence-corrected chi connectivity index (χ4v) is 3.80. The van der Waals surface area contributed by atoms with E-state index in [9.17, 15) is 9.90 Å². The molecule has 0 saturated carbocycles. The maximum atomic E-state index is 9.58. The number of hydrazine groups is 2. The Morgan fingerprint density at radius 2 is 1.74 bits per heavy atom. The number of carbonyl (C=O) groups excluding carboxylic acids is 1. The highest BCUT2D eigenvalue weighted by atomic mass is 35.5. The van der Waals surface area contributed by atoms with Crippen molar-refractivity contribution in [3.63, 3.8) is 0 Å². The number of hydrazone groups is 1. The lowest BCUT2D eigenvalue weighted by atomic mass is 9.84. The first-order chi connectivity index (χ1) is 16.2. The molecule has 2 aromatic carbocycles. The van der Waals surface area contributed by atoms with Gasteiger partial charge in [-0.25, -0.2) is 5.53 Å². The van der Waals surface area contributed by atoms with Gasteiger partial charge in [0.2, 0.25) is 0 Å². The molecule has 0 aliphatic carbocycles. The van der Waals surface area contributed by atoms with Gasteiger partial charge in [0, 0.05) is 16.7 Å². The number of ketones is 1. The predicted octanol–water partition coefficient (Wildman–Crippen LogP) is 5.63. The van der Waals surface area contributed by atoms with E-state index in [1.54, 1.807) is 12.1 Å². The van der Waals surface area contributed by atoms with Crippen molar-refractivity contribution >= 4 is 23.2 Å². The van der Waals surface area contributed by atoms with Crippen LogP contribution in [0.2, 0.25) is 5.02 Å². The Morgan fingerprint density at radius 3 is 2.32 bits per heavy atom. The van der Waals surface area contributed by atoms with Gasteiger partial charge in [0.05, 0.1) is 5.02 Å². The number of amidine groups is 1. The normalized spacial score (nSPS) is 13.0. The lowest BCUT2D eigenvalue weighted by molar-refractivity contribution is -0.114. The van der Waals surface area contributed by atoms with Crippen molar-refractivity contribution < 1.29 is 9.90 Å². The molecule has 1 atom stereocenters. The molecular formula is C27H35ClN4O2. The van der Waals surface area contributed by atoms with Crippen LogP contribution in [0.5, 0.6) is 5.75 Å². The van der Waals surface area contributed by atoms with Gasteiger partial charge in [0.15, 0.2) is 5.84 Å². The van der Waals surface area contributed by atoms with E-state index in [2.05, 4.69) is 66.3 Å². The number of aromatic hydroxyl groups is 1. The summed E-state index contributed by atoms with van der Waals surface area (Å²) in [6.07, 6.45) is 4.53. The molecule has 182 valence electrons. The van der Waals surface area contributed by atoms with Crippen molar-refractivity contribution in [1.82, 2.24) is 16.5 Å². The molecule has 0 aromatic heterocycles. The molecule has 6 nitrogen and oxygen atoms in total. The molecule has 0 fully saturated rings. The fraction of sp³-hybridized carbons (Fsp3) is 0.407. The summed E-state index contributed by atoms with van der Waals surface area (Å²) in [6, 6.07) is 11.2. The summed E-state index contributed by atoms with van der Waals surface area (Å²) in [6.45, 7) is 9.81. The van der Waals surface area contributed by atoms with Gasteiger partial charge >= 0.3 is 0 Å². The molecule has 0 saturated heterocycles. The first-order valence-electron chi connectivity index (χ1n) is 11.7. The zero-order chi connectivity index (χ0) is 25.1. The highest BCUT2D eigenvalue weighted by Crippen LogP contribution is 2.31. The molecule has 1 unspecified atom stereocenters. The second kappa shape index (κ2) is 13.6. The monoisotopic (exact) mass is 482 g/mol. The molecule has 7 heteroatoms. The first kappa shape index (κ1) is 27.2. The van der Waals surface area contributed by atoms with E-state index in [4.69, 9.17) is 11.6 Å². The van der Waals surface area contributed by atoms with Gasteiger partial charge in [-0.2, -0.15) is 0 Å². The van der Waals surface area contributed by atoms with E-state index >= 15 is 0 Å². The number of phenolic OH excluding ortho intramolecular Hbond substituents is 1. The van der Waals surface area contributed by atoms with Gasteiger partial charge in [0.1, 0.15) is 11.5 Å². The van der Waals surface area contributed by atoms with Gasteiger partial charge in [-0.3, -0.25) is 5.43 Å². The third-order valence-electron chi connectivity index (χ3n) is 5.18. The molecular weight excluding hydrogens is 448 g/mol. The van der Waals surface area contributed by atoms with Gasteiger partial charge in [-0.05, 0) is 80.5 Å². The highest BCUT2D eigenvalue weighted by Gasteiger charge is 2.18. The topological polar surface area (TPSA) is 85.8 Å². The molecule has 1 heterocycles. The molecule has 1 aliphatic heterocycles. The Labute approximate surface area is 208 Å². The van der Waals surface area contributed by atoms with Crippen molar-refractivity contribution in [1.29, 1.82) is 0 Å². The van der Waals surface area contributed by atoms with E-state index in [-0.39, 0.29) is 11.5 Å². The number of hydrogen-bond donors (Lipinski definition) is 4. The minimum atomic E-state index is 0.138. The minimum absolute atomic E-state index is 0.138. The molecule has 0 bridgehead atoms. The van der Waals surface area contributed by atoms with Crippen LogP contribution in [0.25, 0.3) is 0 Å². The zero-order valence-corrected chi connectivity index (χ0v) is 21.4. The Hall–Kier alpha value is -3.01. The first-order valence-corrected chi connectivity index (χ1v) is 12.0. The largest absolute Gasteiger partial charge is 0.508 e. The predicted molar refractivity (Wildman–Crippen MR) is 140 cm³/mol. The summed E-state index contributed by atoms with van der Waals surface area (Å²) in [5, 5.41) is 14.3. The van der Waals surface area contributed by atoms with E-state index in [0.29, 0.717) is 22.4 Å². The standard InChI is InChI=1S/C24H29ClN4O.C3H6O/c1-4-5-17(7-6-16(2)3)22-14-20(24-26-28-29-27-24)11-9-18(22)8-10-19-12-13-21(30)15-23(19)25;1-3(2)4/h9,11-17,28-30H,4-7H2,1-3H3,(H,26,27);1-2H3. The molecule has 0 spiro atoms. The number of phenols is 1. The third-order valence-corrected chi connectivity index (χ3v) is 5.50. The number of Topliss-reactive ketones (excluding diaryl/α,β-unsaturated/α-hetero) is 1. The molecule has 4 N–H and O–H groups in total. The van der Waals surface area contributed by atoms with Crippen LogP contribution in [0, 0.1) is 17.8 Å². The van der Waals surface area contributed by atoms with Crippen LogP contribution in [-0.2, 0) is 4.79 Å². The van der Waals surface area contributed by atoms with Crippen LogP contribution in [0.1, 0.15) is 88.5 Å². The maximum absolute atomic E-state index is 9.58. The van der Waals surface area contributed by atoms with Crippen molar-refractivity contribution in [3.05, 3.63) is 63.7 Å². The smallest absolute Gasteiger partial charge is 0.170 e. The number of nitrogens with one attached hydrogen (secondary N) is 3. The van der Waals surface area contributed by atoms with Gasteiger partial charge in [0.25, 0.3) is 0 Å². The number of halogens is 1. The summed E-state index contributed by atoms with van der Waals surface area (Å²) in [5.41, 5.74) is 12.5. The van der Waals surface area contributed by atoms with Crippen molar-refractivity contribution in [2.45, 2.75) is 66.2 Å². The van der Waals surface area contributed by atoms with Crippen molar-refractivity contribution in [3.8, 4) is 17.6 Å². The summed E-state index contributed by atoms with van der Waals surface area (Å²) in [4.78, 5) is 9.44. The van der Waals surface area contributed by atoms with E-state index in [0.717, 1.165) is 36.2 Å². The molecule has 2 aromatic rings. The van der Waals surface area contributed by atoms with E-state index in [1.165, 1.54) is 31.9 Å². The molecule has 34 heavy (non-hydrogen) atoms. The lowest BCUT2D eigenvalue weighted by Gasteiger charge is -2.20. The Balaban J connectivity index is 0.000000945. The Morgan fingerprint density at radius 1 is 1.06 bits per heavy atom. The Kier molecular flexibility index (Phi) is 10.9. The summed E-state index contributed by atoms with van der Waals surface area (Å²) in [5.74, 6) is 8.67. The average molecular weight is 483 g/mol. The van der Waals surface area contributed by atoms with E-state index in [1.807, 2.05) is 6.07 Å². The van der Waals surface area contributed by atoms with Crippen molar-refractivity contribution in [2.75, 3.05) is 0 Å². The second-order valence-corrected chi connectivity index (χ2v) is 9.31. The van der Waals surface area contributed by atoms with Crippen LogP contribution in [0.15, 0.2) is 41.5 Å². The minimum Gasteiger partial charge on any atom is -0.508 e. The summed E-state index contributed by atoms with van der Waals surface area (Å²) < 4.78 is 0. The SMILES string of the molecule is CC(C)=O.CCCC(CCC(C)C)c1cc(C2=NNNN2)ccc1C#Cc1ccc(O)cc1Cl. The second-order valence-electron chi connectivity index (χ2n) is 8.90. The molecule has 3 rings (SSSR count). The van der Waals surface area contributed by atoms with Crippen LogP contribution >= 0.6 is 11.6 Å². The number of carbonyl (C=O) groups is 1. The average Bonchev–Trinajstić information content (AvgIpc) is 3.30. The molecule has 0 amide bonds. The van der Waals surface area contributed by atoms with Crippen LogP contribution in [-0.4, -0.2) is 16.7 Å². The van der Waals surface area contributed by atoms with Crippen LogP contribution in [0.3, 0.4) is 0 Å². The lowest BCUT2D eigenvalue weighted by Crippen LogP contribution is -2.35. The molecule has 1 aliphatic rings. The third kappa shape index (κ3) is 8.74. The van der Waals surface area contributed by atoms with Gasteiger partial charge in [-0.15, -0.1) is 10.6 Å². The number of hydrogen-bond acceptors (Lipinski definition) is 6. The van der Waals surface area contributed by atoms with E-state index < -0.39 is 0 Å². The van der Waals surface area contributed by atoms with Gasteiger partial charge in [-0.1, -0.05) is 57.1 Å². The summed E-state index contributed by atoms with van der Waals surface area (Å²) >= 11 is 6.24. The van der Waals surface area contributed by atoms with Gasteiger partial charge < -0.3 is 9.90 Å². The Bertz CT molecular complexity index is 1070. The quantitative estimate of drug-likeness (QED) is 0.384. The molecule has 0 radical (unpaired) electrons. The van der Waals surface area contributed by atoms with Crippen LogP contribution < -0.4 is 16.5 Å². The number of benzene rings is 2. The number of rotatable bonds is 7.